The standard InChI is InChI=1S/C26H38N4O.H2/c1-5-30-19-20(18-27-30)24(31)28-23-10-11-26(22-9-7-6-8-21(22)23)13-16-29(17-14-26)15-12-25(2,3)4;/h6-9,18-19,23H,5,10-17H2,1-4H3,(H,28,31);1H/t23-;/m1./s1. The van der Waals surface area contributed by atoms with Crippen molar-refractivity contribution in [3.63, 3.8) is 0 Å². The molecule has 0 bridgehead atoms. The summed E-state index contributed by atoms with van der Waals surface area (Å²) in [5.41, 5.74) is 4.08. The van der Waals surface area contributed by atoms with Crippen LogP contribution >= 0.6 is 0 Å². The second-order valence-corrected chi connectivity index (χ2v) is 10.7. The van der Waals surface area contributed by atoms with E-state index >= 15 is 0 Å². The Morgan fingerprint density at radius 1 is 1.23 bits per heavy atom. The largest absolute Gasteiger partial charge is 0.345 e. The number of likely N-dealkylation sites (tertiary alicyclic amines) is 1. The molecule has 1 aliphatic carbocycles. The SMILES string of the molecule is CCn1cc(C(=O)N[C@@H]2CCC3(CCN(CCC(C)(C)C)CC3)c3ccccc32)cn1.[HH]. The Hall–Kier alpha value is -2.14. The Morgan fingerprint density at radius 3 is 2.65 bits per heavy atom. The van der Waals surface area contributed by atoms with Crippen molar-refractivity contribution in [1.29, 1.82) is 0 Å². The number of aryl methyl sites for hydroxylation is 1. The van der Waals surface area contributed by atoms with Crippen LogP contribution in [0.3, 0.4) is 0 Å². The molecule has 1 fully saturated rings. The van der Waals surface area contributed by atoms with E-state index in [-0.39, 0.29) is 18.8 Å². The lowest BCUT2D eigenvalue weighted by molar-refractivity contribution is 0.0914. The number of rotatable bonds is 5. The second-order valence-electron chi connectivity index (χ2n) is 10.7. The van der Waals surface area contributed by atoms with Gasteiger partial charge in [0.05, 0.1) is 17.8 Å². The topological polar surface area (TPSA) is 50.2 Å². The van der Waals surface area contributed by atoms with Crippen molar-refractivity contribution in [3.05, 3.63) is 53.3 Å². The molecule has 1 saturated heterocycles. The summed E-state index contributed by atoms with van der Waals surface area (Å²) in [5, 5.41) is 7.54. The minimum atomic E-state index is -0.0209. The van der Waals surface area contributed by atoms with Gasteiger partial charge in [-0.05, 0) is 80.6 Å². The third kappa shape index (κ3) is 4.87. The zero-order valence-electron chi connectivity index (χ0n) is 19.7. The zero-order valence-corrected chi connectivity index (χ0v) is 19.7. The van der Waals surface area contributed by atoms with Crippen LogP contribution in [0.1, 0.15) is 88.8 Å². The number of piperidine rings is 1. The van der Waals surface area contributed by atoms with Crippen LogP contribution in [0, 0.1) is 5.41 Å². The van der Waals surface area contributed by atoms with E-state index in [1.807, 2.05) is 13.1 Å². The summed E-state index contributed by atoms with van der Waals surface area (Å²) in [4.78, 5) is 15.5. The summed E-state index contributed by atoms with van der Waals surface area (Å²) in [7, 11) is 0. The Kier molecular flexibility index (Phi) is 6.25. The highest BCUT2D eigenvalue weighted by Gasteiger charge is 2.42. The lowest BCUT2D eigenvalue weighted by Crippen LogP contribution is -2.46. The summed E-state index contributed by atoms with van der Waals surface area (Å²) in [6, 6.07) is 8.90. The summed E-state index contributed by atoms with van der Waals surface area (Å²) >= 11 is 0. The minimum Gasteiger partial charge on any atom is -0.345 e. The Morgan fingerprint density at radius 2 is 1.97 bits per heavy atom. The van der Waals surface area contributed by atoms with Crippen LogP contribution in [0.2, 0.25) is 0 Å². The van der Waals surface area contributed by atoms with Crippen molar-refractivity contribution in [3.8, 4) is 0 Å². The molecular formula is C26H40N4O. The highest BCUT2D eigenvalue weighted by Crippen LogP contribution is 2.48. The molecule has 1 aromatic heterocycles. The minimum absolute atomic E-state index is 0. The number of nitrogens with one attached hydrogen (secondary N) is 1. The molecule has 0 unspecified atom stereocenters. The maximum absolute atomic E-state index is 12.8. The fourth-order valence-electron chi connectivity index (χ4n) is 5.26. The van der Waals surface area contributed by atoms with E-state index in [2.05, 4.69) is 60.4 Å². The molecule has 0 saturated carbocycles. The number of hydrogen-bond acceptors (Lipinski definition) is 3. The average Bonchev–Trinajstić information content (AvgIpc) is 3.25. The number of carbonyl (C=O) groups excluding carboxylic acids is 1. The Balaban J connectivity index is 0.00000289. The number of benzene rings is 1. The summed E-state index contributed by atoms with van der Waals surface area (Å²) in [6.07, 6.45) is 9.35. The molecule has 1 atom stereocenters. The van der Waals surface area contributed by atoms with E-state index in [0.29, 0.717) is 11.0 Å². The van der Waals surface area contributed by atoms with E-state index < -0.39 is 0 Å². The number of aromatic nitrogens is 2. The highest BCUT2D eigenvalue weighted by atomic mass is 16.1. The molecule has 2 aliphatic rings. The van der Waals surface area contributed by atoms with Crippen molar-refractivity contribution >= 4 is 5.91 Å². The average molecular weight is 425 g/mol. The van der Waals surface area contributed by atoms with Gasteiger partial charge in [0.2, 0.25) is 0 Å². The highest BCUT2D eigenvalue weighted by molar-refractivity contribution is 5.94. The van der Waals surface area contributed by atoms with Crippen LogP contribution in [-0.2, 0) is 12.0 Å². The van der Waals surface area contributed by atoms with Crippen LogP contribution in [0.15, 0.2) is 36.7 Å². The zero-order chi connectivity index (χ0) is 22.1. The van der Waals surface area contributed by atoms with E-state index in [9.17, 15) is 4.79 Å². The number of amides is 1. The van der Waals surface area contributed by atoms with E-state index in [4.69, 9.17) is 0 Å². The molecular weight excluding hydrogens is 384 g/mol. The maximum atomic E-state index is 12.8. The number of hydrogen-bond donors (Lipinski definition) is 1. The van der Waals surface area contributed by atoms with Gasteiger partial charge in [-0.25, -0.2) is 0 Å². The van der Waals surface area contributed by atoms with Crippen molar-refractivity contribution in [2.45, 2.75) is 77.8 Å². The first-order chi connectivity index (χ1) is 14.8. The monoisotopic (exact) mass is 424 g/mol. The van der Waals surface area contributed by atoms with Gasteiger partial charge in [0.15, 0.2) is 0 Å². The van der Waals surface area contributed by atoms with Gasteiger partial charge >= 0.3 is 0 Å². The number of nitrogens with zero attached hydrogens (tertiary/aromatic N) is 3. The van der Waals surface area contributed by atoms with Gasteiger partial charge in [-0.3, -0.25) is 9.48 Å². The van der Waals surface area contributed by atoms with E-state index in [0.717, 1.165) is 19.4 Å². The molecule has 2 heterocycles. The Bertz CT molecular complexity index is 909. The lowest BCUT2D eigenvalue weighted by Gasteiger charge is -2.47. The lowest BCUT2D eigenvalue weighted by atomic mass is 9.63. The quantitative estimate of drug-likeness (QED) is 0.719. The maximum Gasteiger partial charge on any atom is 0.254 e. The predicted molar refractivity (Wildman–Crippen MR) is 127 cm³/mol. The van der Waals surface area contributed by atoms with Crippen molar-refractivity contribution in [2.75, 3.05) is 19.6 Å². The first-order valence-corrected chi connectivity index (χ1v) is 11.9. The van der Waals surface area contributed by atoms with Gasteiger partial charge in [-0.15, -0.1) is 0 Å². The van der Waals surface area contributed by atoms with Crippen LogP contribution in [0.5, 0.6) is 0 Å². The van der Waals surface area contributed by atoms with Crippen molar-refractivity contribution in [1.82, 2.24) is 20.0 Å². The van der Waals surface area contributed by atoms with Crippen LogP contribution in [0.4, 0.5) is 0 Å². The molecule has 1 aliphatic heterocycles. The van der Waals surface area contributed by atoms with Crippen molar-refractivity contribution < 1.29 is 6.22 Å². The van der Waals surface area contributed by atoms with Gasteiger partial charge in [0, 0.05) is 14.2 Å². The number of fused-ring (bicyclic) bond motifs is 2. The molecule has 1 spiro atoms. The van der Waals surface area contributed by atoms with Gasteiger partial charge in [0.25, 0.3) is 5.91 Å². The molecule has 1 N–H and O–H groups in total. The number of carbonyl (C=O) groups is 1. The third-order valence-corrected chi connectivity index (χ3v) is 7.34. The Labute approximate surface area is 188 Å². The molecule has 170 valence electrons. The smallest absolute Gasteiger partial charge is 0.254 e. The van der Waals surface area contributed by atoms with Gasteiger partial charge < -0.3 is 10.2 Å². The molecule has 4 rings (SSSR count). The van der Waals surface area contributed by atoms with Crippen LogP contribution in [0.25, 0.3) is 0 Å². The van der Waals surface area contributed by atoms with Crippen molar-refractivity contribution in [2.24, 2.45) is 5.41 Å². The molecule has 31 heavy (non-hydrogen) atoms. The molecule has 5 nitrogen and oxygen atoms in total. The second kappa shape index (κ2) is 8.78. The third-order valence-electron chi connectivity index (χ3n) is 7.34. The van der Waals surface area contributed by atoms with Gasteiger partial charge in [-0.1, -0.05) is 45.0 Å². The molecule has 0 radical (unpaired) electrons. The molecule has 1 amide bonds. The van der Waals surface area contributed by atoms with Crippen LogP contribution in [-0.4, -0.2) is 40.2 Å². The van der Waals surface area contributed by atoms with Gasteiger partial charge in [0.1, 0.15) is 0 Å². The normalized spacial score (nSPS) is 21.1. The van der Waals surface area contributed by atoms with Gasteiger partial charge in [-0.2, -0.15) is 5.10 Å². The molecule has 2 aromatic rings. The summed E-state index contributed by atoms with van der Waals surface area (Å²) < 4.78 is 1.80. The first-order valence-electron chi connectivity index (χ1n) is 11.9. The summed E-state index contributed by atoms with van der Waals surface area (Å²) in [6.45, 7) is 13.3. The fraction of sp³-hybridized carbons (Fsp3) is 0.615. The molecule has 1 aromatic carbocycles. The van der Waals surface area contributed by atoms with E-state index in [1.54, 1.807) is 10.9 Å². The summed E-state index contributed by atoms with van der Waals surface area (Å²) in [5.74, 6) is -0.0209. The predicted octanol–water partition coefficient (Wildman–Crippen LogP) is 5.18. The first kappa shape index (κ1) is 22.1. The van der Waals surface area contributed by atoms with E-state index in [1.165, 1.54) is 50.0 Å². The van der Waals surface area contributed by atoms with Crippen LogP contribution < -0.4 is 5.32 Å². The fourth-order valence-corrected chi connectivity index (χ4v) is 5.26. The molecule has 5 heteroatoms.